The van der Waals surface area contributed by atoms with Gasteiger partial charge in [0, 0.05) is 6.07 Å². The Morgan fingerprint density at radius 2 is 2.35 bits per heavy atom. The van der Waals surface area contributed by atoms with Crippen LogP contribution in [0.1, 0.15) is 6.92 Å². The molecule has 7 nitrogen and oxygen atoms in total. The van der Waals surface area contributed by atoms with Gasteiger partial charge in [0.05, 0.1) is 19.9 Å². The maximum absolute atomic E-state index is 11.3. The highest BCUT2D eigenvalue weighted by molar-refractivity contribution is 5.77. The van der Waals surface area contributed by atoms with E-state index in [9.17, 15) is 4.79 Å². The quantitative estimate of drug-likeness (QED) is 0.715. The van der Waals surface area contributed by atoms with Crippen LogP contribution in [0.15, 0.2) is 12.3 Å². The van der Waals surface area contributed by atoms with Gasteiger partial charge >= 0.3 is 5.97 Å². The van der Waals surface area contributed by atoms with Crippen molar-refractivity contribution in [3.63, 3.8) is 0 Å². The lowest BCUT2D eigenvalue weighted by molar-refractivity contribution is -0.143. The molecule has 0 atom stereocenters. The third kappa shape index (κ3) is 2.32. The zero-order valence-corrected chi connectivity index (χ0v) is 9.58. The molecular weight excluding hydrogens is 224 g/mol. The molecule has 0 saturated carbocycles. The van der Waals surface area contributed by atoms with E-state index in [4.69, 9.17) is 9.47 Å². The Morgan fingerprint density at radius 3 is 3.06 bits per heavy atom. The highest BCUT2D eigenvalue weighted by Crippen LogP contribution is 2.14. The predicted octanol–water partition coefficient (Wildman–Crippen LogP) is 0.398. The molecule has 2 aromatic heterocycles. The van der Waals surface area contributed by atoms with Gasteiger partial charge in [0.2, 0.25) is 5.88 Å². The van der Waals surface area contributed by atoms with Gasteiger partial charge in [0.1, 0.15) is 17.6 Å². The van der Waals surface area contributed by atoms with E-state index < -0.39 is 0 Å². The number of pyridine rings is 1. The fraction of sp³-hybridized carbons (Fsp3) is 0.400. The minimum Gasteiger partial charge on any atom is -0.481 e. The van der Waals surface area contributed by atoms with E-state index in [0.717, 1.165) is 0 Å². The second-order valence-corrected chi connectivity index (χ2v) is 3.27. The lowest BCUT2D eigenvalue weighted by Gasteiger charge is -2.02. The summed E-state index contributed by atoms with van der Waals surface area (Å²) < 4.78 is 11.3. The average Bonchev–Trinajstić information content (AvgIpc) is 2.72. The van der Waals surface area contributed by atoms with Crippen LogP contribution >= 0.6 is 0 Å². The molecule has 0 fully saturated rings. The molecule has 0 spiro atoms. The van der Waals surface area contributed by atoms with Crippen LogP contribution in [0.4, 0.5) is 0 Å². The Morgan fingerprint density at radius 1 is 1.53 bits per heavy atom. The molecule has 17 heavy (non-hydrogen) atoms. The number of carbonyl (C=O) groups is 1. The smallest absolute Gasteiger partial charge is 0.327 e. The fourth-order valence-electron chi connectivity index (χ4n) is 1.41. The first-order valence-electron chi connectivity index (χ1n) is 5.13. The molecule has 2 rings (SSSR count). The molecular formula is C10H12N4O3. The van der Waals surface area contributed by atoms with Gasteiger partial charge in [-0.2, -0.15) is 0 Å². The number of carbonyl (C=O) groups excluding carboxylic acids is 1. The lowest BCUT2D eigenvalue weighted by Crippen LogP contribution is -2.14. The topological polar surface area (TPSA) is 79.1 Å². The van der Waals surface area contributed by atoms with Crippen molar-refractivity contribution in [3.8, 4) is 5.88 Å². The van der Waals surface area contributed by atoms with Crippen molar-refractivity contribution in [1.29, 1.82) is 0 Å². The van der Waals surface area contributed by atoms with Crippen molar-refractivity contribution < 1.29 is 14.3 Å². The first-order chi connectivity index (χ1) is 8.24. The maximum atomic E-state index is 11.3. The molecule has 90 valence electrons. The summed E-state index contributed by atoms with van der Waals surface area (Å²) in [6.07, 6.45) is 1.56. The summed E-state index contributed by atoms with van der Waals surface area (Å²) in [5.74, 6) is 0.107. The first kappa shape index (κ1) is 11.3. The van der Waals surface area contributed by atoms with Crippen LogP contribution < -0.4 is 4.74 Å². The standard InChI is InChI=1S/C10H12N4O3/c1-3-17-10(15)6-14-8-5-11-9(16-2)4-7(8)12-13-14/h4-5H,3,6H2,1-2H3. The summed E-state index contributed by atoms with van der Waals surface area (Å²) in [6, 6.07) is 1.66. The van der Waals surface area contributed by atoms with Gasteiger partial charge in [-0.1, -0.05) is 5.21 Å². The third-order valence-corrected chi connectivity index (χ3v) is 2.17. The molecule has 0 aliphatic carbocycles. The molecule has 0 bridgehead atoms. The Labute approximate surface area is 97.3 Å². The van der Waals surface area contributed by atoms with Gasteiger partial charge in [-0.3, -0.25) is 4.79 Å². The lowest BCUT2D eigenvalue weighted by atomic mass is 10.4. The third-order valence-electron chi connectivity index (χ3n) is 2.17. The molecule has 0 N–H and O–H groups in total. The predicted molar refractivity (Wildman–Crippen MR) is 58.5 cm³/mol. The summed E-state index contributed by atoms with van der Waals surface area (Å²) in [6.45, 7) is 2.12. The highest BCUT2D eigenvalue weighted by Gasteiger charge is 2.10. The summed E-state index contributed by atoms with van der Waals surface area (Å²) >= 11 is 0. The Hall–Kier alpha value is -2.18. The second-order valence-electron chi connectivity index (χ2n) is 3.27. The van der Waals surface area contributed by atoms with Crippen molar-refractivity contribution in [1.82, 2.24) is 20.0 Å². The zero-order valence-electron chi connectivity index (χ0n) is 9.58. The minimum atomic E-state index is -0.352. The molecule has 0 unspecified atom stereocenters. The van der Waals surface area contributed by atoms with Crippen molar-refractivity contribution in [3.05, 3.63) is 12.3 Å². The Kier molecular flexibility index (Phi) is 3.17. The molecule has 7 heteroatoms. The largest absolute Gasteiger partial charge is 0.481 e. The summed E-state index contributed by atoms with van der Waals surface area (Å²) in [5.41, 5.74) is 1.29. The summed E-state index contributed by atoms with van der Waals surface area (Å²) in [4.78, 5) is 15.4. The maximum Gasteiger partial charge on any atom is 0.327 e. The number of ether oxygens (including phenoxy) is 2. The van der Waals surface area contributed by atoms with Crippen LogP contribution in [0.2, 0.25) is 0 Å². The van der Waals surface area contributed by atoms with Crippen LogP contribution in [0.25, 0.3) is 11.0 Å². The monoisotopic (exact) mass is 236 g/mol. The van der Waals surface area contributed by atoms with Crippen molar-refractivity contribution in [2.45, 2.75) is 13.5 Å². The zero-order chi connectivity index (χ0) is 12.3. The second kappa shape index (κ2) is 4.77. The number of aromatic nitrogens is 4. The van der Waals surface area contributed by atoms with Crippen molar-refractivity contribution in [2.75, 3.05) is 13.7 Å². The number of esters is 1. The van der Waals surface area contributed by atoms with E-state index in [2.05, 4.69) is 15.3 Å². The van der Waals surface area contributed by atoms with E-state index in [0.29, 0.717) is 23.5 Å². The molecule has 0 aliphatic heterocycles. The summed E-state index contributed by atoms with van der Waals surface area (Å²) in [7, 11) is 1.53. The highest BCUT2D eigenvalue weighted by atomic mass is 16.5. The number of hydrogen-bond donors (Lipinski definition) is 0. The van der Waals surface area contributed by atoms with Gasteiger partial charge in [-0.05, 0) is 6.92 Å². The minimum absolute atomic E-state index is 0.0261. The van der Waals surface area contributed by atoms with Gasteiger partial charge in [0.15, 0.2) is 0 Å². The molecule has 0 radical (unpaired) electrons. The molecule has 2 aromatic rings. The first-order valence-corrected chi connectivity index (χ1v) is 5.13. The van der Waals surface area contributed by atoms with Gasteiger partial charge < -0.3 is 9.47 Å². The number of fused-ring (bicyclic) bond motifs is 1. The molecule has 0 aromatic carbocycles. The average molecular weight is 236 g/mol. The Balaban J connectivity index is 2.27. The van der Waals surface area contributed by atoms with Crippen LogP contribution in [0.5, 0.6) is 5.88 Å². The van der Waals surface area contributed by atoms with Crippen LogP contribution in [-0.2, 0) is 16.1 Å². The molecule has 0 saturated heterocycles. The van der Waals surface area contributed by atoms with Gasteiger partial charge in [-0.25, -0.2) is 9.67 Å². The SMILES string of the molecule is CCOC(=O)Cn1nnc2cc(OC)ncc21. The van der Waals surface area contributed by atoms with E-state index in [1.807, 2.05) is 0 Å². The van der Waals surface area contributed by atoms with E-state index in [1.54, 1.807) is 19.2 Å². The van der Waals surface area contributed by atoms with E-state index in [-0.39, 0.29) is 12.5 Å². The number of rotatable bonds is 4. The van der Waals surface area contributed by atoms with Crippen LogP contribution in [0.3, 0.4) is 0 Å². The molecule has 2 heterocycles. The van der Waals surface area contributed by atoms with Crippen molar-refractivity contribution >= 4 is 17.0 Å². The fourth-order valence-corrected chi connectivity index (χ4v) is 1.41. The van der Waals surface area contributed by atoms with Crippen molar-refractivity contribution in [2.24, 2.45) is 0 Å². The number of hydrogen-bond acceptors (Lipinski definition) is 6. The number of methoxy groups -OCH3 is 1. The van der Waals surface area contributed by atoms with Gasteiger partial charge in [0.25, 0.3) is 0 Å². The number of nitrogens with zero attached hydrogens (tertiary/aromatic N) is 4. The van der Waals surface area contributed by atoms with Gasteiger partial charge in [-0.15, -0.1) is 5.10 Å². The van der Waals surface area contributed by atoms with E-state index >= 15 is 0 Å². The Bertz CT molecular complexity index is 537. The normalized spacial score (nSPS) is 10.5. The van der Waals surface area contributed by atoms with Crippen LogP contribution in [0, 0.1) is 0 Å². The molecule has 0 amide bonds. The molecule has 0 aliphatic rings. The van der Waals surface area contributed by atoms with E-state index in [1.165, 1.54) is 11.8 Å². The summed E-state index contributed by atoms with van der Waals surface area (Å²) in [5, 5.41) is 7.79. The van der Waals surface area contributed by atoms with Crippen LogP contribution in [-0.4, -0.2) is 39.7 Å².